The van der Waals surface area contributed by atoms with Crippen molar-refractivity contribution < 1.29 is 14.7 Å². The second kappa shape index (κ2) is 5.62. The number of anilines is 1. The number of carbonyl (C=O) groups is 2. The minimum absolute atomic E-state index is 0.00842. The van der Waals surface area contributed by atoms with Gasteiger partial charge in [0.15, 0.2) is 5.13 Å². The number of carbonyl (C=O) groups excluding carboxylic acids is 1. The largest absolute Gasteiger partial charge is 0.481 e. The van der Waals surface area contributed by atoms with E-state index in [-0.39, 0.29) is 12.3 Å². The highest BCUT2D eigenvalue weighted by Crippen LogP contribution is 2.25. The SMILES string of the molecule is CC(=O)Nc1nc(-c2ccc(CC(=O)O)cc2)cs1. The number of carboxylic acids is 1. The number of carboxylic acid groups (broad SMARTS) is 1. The Morgan fingerprint density at radius 1 is 1.32 bits per heavy atom. The number of aromatic nitrogens is 1. The van der Waals surface area contributed by atoms with E-state index in [1.165, 1.54) is 18.3 Å². The molecule has 6 heteroatoms. The number of hydrogen-bond acceptors (Lipinski definition) is 4. The topological polar surface area (TPSA) is 79.3 Å². The second-order valence-corrected chi connectivity index (χ2v) is 4.84. The van der Waals surface area contributed by atoms with Crippen molar-refractivity contribution in [1.29, 1.82) is 0 Å². The van der Waals surface area contributed by atoms with Gasteiger partial charge in [0.1, 0.15) is 0 Å². The number of hydrogen-bond donors (Lipinski definition) is 2. The molecule has 5 nitrogen and oxygen atoms in total. The molecule has 0 atom stereocenters. The normalized spacial score (nSPS) is 10.2. The third-order valence-corrected chi connectivity index (χ3v) is 3.15. The summed E-state index contributed by atoms with van der Waals surface area (Å²) in [6, 6.07) is 7.18. The van der Waals surface area contributed by atoms with Gasteiger partial charge < -0.3 is 10.4 Å². The van der Waals surface area contributed by atoms with Gasteiger partial charge in [-0.1, -0.05) is 24.3 Å². The third-order valence-electron chi connectivity index (χ3n) is 2.39. The van der Waals surface area contributed by atoms with Gasteiger partial charge >= 0.3 is 5.97 Å². The molecule has 0 spiro atoms. The van der Waals surface area contributed by atoms with Gasteiger partial charge in [0, 0.05) is 17.9 Å². The van der Waals surface area contributed by atoms with Crippen LogP contribution in [0.3, 0.4) is 0 Å². The first-order valence-corrected chi connectivity index (χ1v) is 6.47. The van der Waals surface area contributed by atoms with Crippen LogP contribution in [0.5, 0.6) is 0 Å². The van der Waals surface area contributed by atoms with Crippen LogP contribution in [0.2, 0.25) is 0 Å². The summed E-state index contributed by atoms with van der Waals surface area (Å²) >= 11 is 1.35. The lowest BCUT2D eigenvalue weighted by molar-refractivity contribution is -0.136. The molecule has 0 aliphatic carbocycles. The summed E-state index contributed by atoms with van der Waals surface area (Å²) in [6.07, 6.45) is 0.00842. The van der Waals surface area contributed by atoms with Crippen molar-refractivity contribution in [3.05, 3.63) is 35.2 Å². The highest BCUT2D eigenvalue weighted by atomic mass is 32.1. The Morgan fingerprint density at radius 2 is 2.00 bits per heavy atom. The first-order chi connectivity index (χ1) is 9.04. The van der Waals surface area contributed by atoms with Gasteiger partial charge in [-0.2, -0.15) is 0 Å². The van der Waals surface area contributed by atoms with Crippen molar-refractivity contribution in [3.63, 3.8) is 0 Å². The van der Waals surface area contributed by atoms with Gasteiger partial charge in [-0.15, -0.1) is 11.3 Å². The molecule has 0 fully saturated rings. The molecule has 0 aliphatic rings. The molecule has 1 heterocycles. The fourth-order valence-corrected chi connectivity index (χ4v) is 2.35. The fourth-order valence-electron chi connectivity index (χ4n) is 1.58. The lowest BCUT2D eigenvalue weighted by Gasteiger charge is -2.00. The maximum absolute atomic E-state index is 10.9. The quantitative estimate of drug-likeness (QED) is 0.898. The fraction of sp³-hybridized carbons (Fsp3) is 0.154. The van der Waals surface area contributed by atoms with E-state index < -0.39 is 5.97 Å². The lowest BCUT2D eigenvalue weighted by Crippen LogP contribution is -2.04. The van der Waals surface area contributed by atoms with Crippen molar-refractivity contribution in [1.82, 2.24) is 4.98 Å². The molecule has 0 saturated carbocycles. The van der Waals surface area contributed by atoms with Gasteiger partial charge in [-0.25, -0.2) is 4.98 Å². The zero-order valence-corrected chi connectivity index (χ0v) is 11.0. The van der Waals surface area contributed by atoms with Gasteiger partial charge in [-0.05, 0) is 5.56 Å². The number of nitrogens with zero attached hydrogens (tertiary/aromatic N) is 1. The molecule has 0 saturated heterocycles. The Morgan fingerprint density at radius 3 is 2.58 bits per heavy atom. The molecule has 98 valence electrons. The van der Waals surface area contributed by atoms with E-state index in [4.69, 9.17) is 5.11 Å². The van der Waals surface area contributed by atoms with Crippen LogP contribution in [0.15, 0.2) is 29.6 Å². The van der Waals surface area contributed by atoms with E-state index >= 15 is 0 Å². The van der Waals surface area contributed by atoms with Gasteiger partial charge in [0.25, 0.3) is 0 Å². The summed E-state index contributed by atoms with van der Waals surface area (Å²) in [7, 11) is 0. The molecule has 19 heavy (non-hydrogen) atoms. The van der Waals surface area contributed by atoms with Crippen LogP contribution in [0.4, 0.5) is 5.13 Å². The molecule has 2 rings (SSSR count). The monoisotopic (exact) mass is 276 g/mol. The number of thiazole rings is 1. The summed E-state index contributed by atoms with van der Waals surface area (Å²) < 4.78 is 0. The smallest absolute Gasteiger partial charge is 0.307 e. The first kappa shape index (κ1) is 13.2. The van der Waals surface area contributed by atoms with E-state index in [0.29, 0.717) is 5.13 Å². The van der Waals surface area contributed by atoms with Gasteiger partial charge in [0.2, 0.25) is 5.91 Å². The molecule has 2 aromatic rings. The number of aliphatic carboxylic acids is 1. The number of benzene rings is 1. The van der Waals surface area contributed by atoms with Crippen molar-refractivity contribution in [2.24, 2.45) is 0 Å². The number of nitrogens with one attached hydrogen (secondary N) is 1. The second-order valence-electron chi connectivity index (χ2n) is 3.99. The lowest BCUT2D eigenvalue weighted by atomic mass is 10.1. The van der Waals surface area contributed by atoms with E-state index in [2.05, 4.69) is 10.3 Å². The molecule has 1 amide bonds. The highest BCUT2D eigenvalue weighted by molar-refractivity contribution is 7.14. The van der Waals surface area contributed by atoms with Crippen LogP contribution in [-0.4, -0.2) is 22.0 Å². The van der Waals surface area contributed by atoms with Crippen molar-refractivity contribution in [2.45, 2.75) is 13.3 Å². The minimum atomic E-state index is -0.852. The van der Waals surface area contributed by atoms with Crippen LogP contribution in [-0.2, 0) is 16.0 Å². The van der Waals surface area contributed by atoms with Crippen LogP contribution in [0.1, 0.15) is 12.5 Å². The van der Waals surface area contributed by atoms with E-state index in [1.54, 1.807) is 12.1 Å². The molecule has 1 aromatic carbocycles. The van der Waals surface area contributed by atoms with Crippen LogP contribution < -0.4 is 5.32 Å². The maximum atomic E-state index is 10.9. The standard InChI is InChI=1S/C13H12N2O3S/c1-8(16)14-13-15-11(7-19-13)10-4-2-9(3-5-10)6-12(17)18/h2-5,7H,6H2,1H3,(H,17,18)(H,14,15,16). The molecular weight excluding hydrogens is 264 g/mol. The Hall–Kier alpha value is -2.21. The van der Waals surface area contributed by atoms with Gasteiger partial charge in [0.05, 0.1) is 12.1 Å². The molecule has 2 N–H and O–H groups in total. The zero-order valence-electron chi connectivity index (χ0n) is 10.2. The Balaban J connectivity index is 2.15. The molecule has 0 radical (unpaired) electrons. The third kappa shape index (κ3) is 3.62. The molecule has 0 unspecified atom stereocenters. The Labute approximate surface area is 113 Å². The van der Waals surface area contributed by atoms with E-state index in [0.717, 1.165) is 16.8 Å². The Kier molecular flexibility index (Phi) is 3.91. The average molecular weight is 276 g/mol. The summed E-state index contributed by atoms with van der Waals surface area (Å²) in [5.41, 5.74) is 2.39. The van der Waals surface area contributed by atoms with Crippen LogP contribution >= 0.6 is 11.3 Å². The first-order valence-electron chi connectivity index (χ1n) is 5.59. The zero-order chi connectivity index (χ0) is 13.8. The predicted molar refractivity (Wildman–Crippen MR) is 73.2 cm³/mol. The highest BCUT2D eigenvalue weighted by Gasteiger charge is 2.06. The van der Waals surface area contributed by atoms with E-state index in [9.17, 15) is 9.59 Å². The Bertz CT molecular complexity index is 605. The van der Waals surface area contributed by atoms with Gasteiger partial charge in [-0.3, -0.25) is 9.59 Å². The maximum Gasteiger partial charge on any atom is 0.307 e. The number of rotatable bonds is 4. The van der Waals surface area contributed by atoms with Crippen LogP contribution in [0, 0.1) is 0 Å². The summed E-state index contributed by atoms with van der Waals surface area (Å²) in [4.78, 5) is 25.8. The minimum Gasteiger partial charge on any atom is -0.481 e. The molecule has 1 aromatic heterocycles. The van der Waals surface area contributed by atoms with Crippen molar-refractivity contribution in [3.8, 4) is 11.3 Å². The van der Waals surface area contributed by atoms with Crippen LogP contribution in [0.25, 0.3) is 11.3 Å². The van der Waals surface area contributed by atoms with Crippen molar-refractivity contribution >= 4 is 28.3 Å². The summed E-state index contributed by atoms with van der Waals surface area (Å²) in [5, 5.41) is 13.7. The predicted octanol–water partition coefficient (Wildman–Crippen LogP) is 2.40. The van der Waals surface area contributed by atoms with Crippen molar-refractivity contribution in [2.75, 3.05) is 5.32 Å². The summed E-state index contributed by atoms with van der Waals surface area (Å²) in [5.74, 6) is -1.01. The molecule has 0 aliphatic heterocycles. The average Bonchev–Trinajstić information content (AvgIpc) is 2.76. The molecular formula is C13H12N2O3S. The summed E-state index contributed by atoms with van der Waals surface area (Å²) in [6.45, 7) is 1.43. The molecule has 0 bridgehead atoms. The van der Waals surface area contributed by atoms with E-state index in [1.807, 2.05) is 17.5 Å². The number of amides is 1.